The fraction of sp³-hybridized carbons (Fsp3) is 0.406. The third-order valence-electron chi connectivity index (χ3n) is 16.3. The Morgan fingerprint density at radius 1 is 0.505 bits per heavy atom. The van der Waals surface area contributed by atoms with Gasteiger partial charge in [-0.15, -0.1) is 0 Å². The maximum atomic E-state index is 14.5. The number of fused-ring (bicyclic) bond motifs is 3. The van der Waals surface area contributed by atoms with Gasteiger partial charge in [-0.3, -0.25) is 0 Å². The number of urea groups is 2. The van der Waals surface area contributed by atoms with Gasteiger partial charge in [0.25, 0.3) is 0 Å². The van der Waals surface area contributed by atoms with Crippen molar-refractivity contribution >= 4 is 63.5 Å². The van der Waals surface area contributed by atoms with Gasteiger partial charge < -0.3 is 61.5 Å². The van der Waals surface area contributed by atoms with Crippen LogP contribution in [0.3, 0.4) is 0 Å². The van der Waals surface area contributed by atoms with Crippen LogP contribution >= 0.6 is 0 Å². The first-order valence-electron chi connectivity index (χ1n) is 32.4. The van der Waals surface area contributed by atoms with Gasteiger partial charge >= 0.3 is 12.1 Å². The summed E-state index contributed by atoms with van der Waals surface area (Å²) in [6.45, 7) is 3.05. The van der Waals surface area contributed by atoms with Gasteiger partial charge in [0.05, 0.1) is 60.7 Å². The summed E-state index contributed by atoms with van der Waals surface area (Å²) in [6, 6.07) is 11.5. The molecule has 23 nitrogen and oxygen atoms in total. The average Bonchev–Trinajstić information content (AvgIpc) is 1.64. The van der Waals surface area contributed by atoms with E-state index in [1.807, 2.05) is 0 Å². The van der Waals surface area contributed by atoms with E-state index in [1.54, 1.807) is 51.5 Å². The normalized spacial score (nSPS) is 23.4. The maximum absolute atomic E-state index is 14.5. The number of benzene rings is 3. The molecule has 0 bridgehead atoms. The molecule has 6 aliphatic heterocycles. The number of nitrogens with two attached hydrogens (primary N) is 1. The summed E-state index contributed by atoms with van der Waals surface area (Å²) in [4.78, 5) is 46.5. The van der Waals surface area contributed by atoms with E-state index in [-0.39, 0.29) is 102 Å². The van der Waals surface area contributed by atoms with Crippen LogP contribution in [0.4, 0.5) is 70.4 Å². The molecular formula is C64H76F6N18O5. The van der Waals surface area contributed by atoms with E-state index in [0.29, 0.717) is 77.4 Å². The number of rotatable bonds is 8. The van der Waals surface area contributed by atoms with Crippen LogP contribution < -0.4 is 36.4 Å². The number of β-amino-alcohol motifs (C(OH)–C–C–N with tert-alkyl or cyclic N) is 3. The number of nitrogens with zero attached hydrogens (tertiary/aromatic N) is 14. The number of aliphatic hydroxyl groups is 3. The van der Waals surface area contributed by atoms with Crippen LogP contribution in [0.1, 0.15) is 116 Å². The van der Waals surface area contributed by atoms with E-state index in [0.717, 1.165) is 74.1 Å². The Labute approximate surface area is 540 Å². The van der Waals surface area contributed by atoms with E-state index in [9.17, 15) is 46.1 Å². The Morgan fingerprint density at radius 3 is 1.23 bits per heavy atom. The summed E-state index contributed by atoms with van der Waals surface area (Å²) in [7, 11) is 0. The summed E-state index contributed by atoms with van der Waals surface area (Å²) in [5.41, 5.74) is 8.24. The number of aromatic nitrogens is 9. The topological polar surface area (TPSA) is 264 Å². The van der Waals surface area contributed by atoms with Crippen molar-refractivity contribution in [1.82, 2.24) is 58.9 Å². The molecule has 12 heterocycles. The van der Waals surface area contributed by atoms with Crippen molar-refractivity contribution in [3.8, 4) is 0 Å². The summed E-state index contributed by atoms with van der Waals surface area (Å²) in [5, 5.41) is 48.9. The number of carbonyl (C=O) groups is 2. The third-order valence-corrected chi connectivity index (χ3v) is 16.3. The fourth-order valence-corrected chi connectivity index (χ4v) is 11.6. The van der Waals surface area contributed by atoms with Crippen LogP contribution in [0.15, 0.2) is 110 Å². The molecule has 29 heteroatoms. The lowest BCUT2D eigenvalue weighted by molar-refractivity contribution is 0.176. The first kappa shape index (κ1) is 58.7. The van der Waals surface area contributed by atoms with E-state index in [1.165, 1.54) is 41.9 Å². The zero-order valence-corrected chi connectivity index (χ0v) is 48.7. The minimum atomic E-state index is -1.63. The Hall–Kier alpha value is -9.32. The Kier molecular flexibility index (Phi) is 18.4. The minimum absolute atomic E-state index is 0. The Bertz CT molecular complexity index is 4190. The number of aliphatic hydroxyl groups excluding tert-OH is 3. The van der Waals surface area contributed by atoms with E-state index in [2.05, 4.69) is 46.2 Å². The van der Waals surface area contributed by atoms with Crippen molar-refractivity contribution in [2.24, 2.45) is 0 Å². The first-order chi connectivity index (χ1) is 46.1. The van der Waals surface area contributed by atoms with Gasteiger partial charge in [-0.25, -0.2) is 64.4 Å². The number of nitrogens with one attached hydrogen (secondary N) is 3. The summed E-state index contributed by atoms with van der Waals surface area (Å²) < 4.78 is 138. The highest BCUT2D eigenvalue weighted by Crippen LogP contribution is 2.40. The van der Waals surface area contributed by atoms with Crippen LogP contribution in [-0.2, 0) is 0 Å². The lowest BCUT2D eigenvalue weighted by Crippen LogP contribution is -2.33. The number of halogens is 6. The van der Waals surface area contributed by atoms with Gasteiger partial charge in [0, 0.05) is 95.9 Å². The number of hydrogen-bond acceptors (Lipinski definition) is 16. The van der Waals surface area contributed by atoms with E-state index in [4.69, 9.17) is 19.1 Å². The number of hydrogen-bond donors (Lipinski definition) is 7. The smallest absolute Gasteiger partial charge is 0.322 e. The van der Waals surface area contributed by atoms with Gasteiger partial charge in [-0.05, 0) is 137 Å². The molecule has 0 spiro atoms. The number of carbonyl (C=O) groups excluding carboxylic acids is 2. The molecule has 0 aliphatic carbocycles. The maximum Gasteiger partial charge on any atom is 0.322 e. The van der Waals surface area contributed by atoms with Crippen LogP contribution in [-0.4, -0.2) is 158 Å². The zero-order valence-electron chi connectivity index (χ0n) is 54.7. The predicted molar refractivity (Wildman–Crippen MR) is 340 cm³/mol. The van der Waals surface area contributed by atoms with Crippen LogP contribution in [0, 0.1) is 34.9 Å². The Balaban J connectivity index is 0.000000154. The molecule has 6 aliphatic rings. The van der Waals surface area contributed by atoms with Gasteiger partial charge in [0.2, 0.25) is 0 Å². The summed E-state index contributed by atoms with van der Waals surface area (Å²) in [6.07, 6.45) is 5.20. The summed E-state index contributed by atoms with van der Waals surface area (Å²) in [5.74, 6) is -2.42. The highest BCUT2D eigenvalue weighted by atomic mass is 19.1. The molecule has 6 atom stereocenters. The van der Waals surface area contributed by atoms with Crippen molar-refractivity contribution in [2.45, 2.75) is 109 Å². The molecule has 8 N–H and O–H groups in total. The minimum Gasteiger partial charge on any atom is -0.394 e. The van der Waals surface area contributed by atoms with Crippen molar-refractivity contribution in [2.75, 3.05) is 90.0 Å². The lowest BCUT2D eigenvalue weighted by Gasteiger charge is -2.26. The molecule has 6 aromatic heterocycles. The number of anilines is 6. The van der Waals surface area contributed by atoms with E-state index < -0.39 is 84.4 Å². The highest BCUT2D eigenvalue weighted by molar-refractivity contribution is 5.94. The second-order valence-electron chi connectivity index (χ2n) is 22.5. The van der Waals surface area contributed by atoms with Gasteiger partial charge in [0.15, 0.2) is 16.9 Å². The largest absolute Gasteiger partial charge is 0.394 e. The number of amides is 4. The molecule has 0 radical (unpaired) electrons. The highest BCUT2D eigenvalue weighted by Gasteiger charge is 2.34. The fourth-order valence-electron chi connectivity index (χ4n) is 11.6. The van der Waals surface area contributed by atoms with Gasteiger partial charge in [0.1, 0.15) is 63.7 Å². The Morgan fingerprint density at radius 2 is 0.882 bits per heavy atom. The number of nitrogen functional groups attached to an aromatic ring is 1. The first-order valence-corrected chi connectivity index (χ1v) is 29.4. The van der Waals surface area contributed by atoms with E-state index >= 15 is 0 Å². The molecule has 3 aromatic carbocycles. The monoisotopic (exact) mass is 1300 g/mol. The molecule has 9 aromatic rings. The summed E-state index contributed by atoms with van der Waals surface area (Å²) >= 11 is 0. The van der Waals surface area contributed by atoms with Crippen molar-refractivity contribution < 1.29 is 59.5 Å². The van der Waals surface area contributed by atoms with Crippen molar-refractivity contribution in [3.63, 3.8) is 0 Å². The van der Waals surface area contributed by atoms with Crippen molar-refractivity contribution in [1.29, 1.82) is 0 Å². The standard InChI is InChI=1S/2C21H22F2N6O2.C16H15F2N5.C4H9NO.2CH4/c2*22-13-3-4-16(23)15(10-13)18-2-1-7-28(18)19-6-9-29-20(26-19)17(11-24-29)25-21(31)27-8-5-14(30)12-27;17-10-3-4-12(18)11(8-10)14-2-1-6-22(14)15-5-7-23-16(21-15)13(19)9-20-23;6-4-1-2-5-3-4;;/h2*3-4,6,9-11,14,18,30H,1-2,5,7-8,12H2,(H,25,31);3-5,7-9,14H,1-2,6,19H2;4-6H,1-3H2;2*1H4/t14-,18?;14-,18+;;4-;;/m00.0../s1/i3*1D2;;;. The average molecular weight is 1300 g/mol. The molecule has 2 unspecified atom stereocenters. The molecule has 494 valence electrons. The second kappa shape index (κ2) is 29.1. The van der Waals surface area contributed by atoms with Crippen LogP contribution in [0.2, 0.25) is 0 Å². The number of likely N-dealkylation sites (tertiary alicyclic amines) is 2. The van der Waals surface area contributed by atoms with Crippen LogP contribution in [0.25, 0.3) is 16.9 Å². The SMILES string of the molecule is C.C.O[C@H]1CCNC1.[2H]C1([2H])CC(c2cc(F)ccc2F)N(c2ccn3ncc(N)c3n2)C1.[2H]C1([2H])CC(c2cc(F)ccc2F)N(c2ccn3ncc(NC(=O)N4CC[C@H](O)C4)c3n2)C1.[2H]C1([2H])C[C@H](c2cc(F)ccc2F)N(c2ccn3ncc(NC(=O)N4CC[C@H](O)C4)c3n2)C1. The zero-order chi connectivity index (χ0) is 68.8. The molecule has 6 saturated heterocycles. The second-order valence-corrected chi connectivity index (χ2v) is 22.5. The third kappa shape index (κ3) is 14.8. The molecule has 15 rings (SSSR count). The lowest BCUT2D eigenvalue weighted by atomic mass is 10.0. The van der Waals surface area contributed by atoms with Gasteiger partial charge in [-0.2, -0.15) is 15.3 Å². The van der Waals surface area contributed by atoms with Gasteiger partial charge in [-0.1, -0.05) is 14.9 Å². The molecular weight excluding hydrogens is 1210 g/mol. The molecule has 93 heavy (non-hydrogen) atoms. The quantitative estimate of drug-likeness (QED) is 0.0699. The van der Waals surface area contributed by atoms with Crippen molar-refractivity contribution in [3.05, 3.63) is 162 Å². The predicted octanol–water partition coefficient (Wildman–Crippen LogP) is 9.44. The van der Waals surface area contributed by atoms with Crippen LogP contribution in [0.5, 0.6) is 0 Å². The molecule has 0 saturated carbocycles. The molecule has 4 amide bonds. The molecule has 6 fully saturated rings.